The molecule has 1 aromatic rings. The topological polar surface area (TPSA) is 17.8 Å². The molecule has 0 aromatic carbocycles. The van der Waals surface area contributed by atoms with Crippen molar-refractivity contribution < 1.29 is 0 Å². The number of rotatable bonds is 7. The molecule has 0 atom stereocenters. The molecule has 0 saturated carbocycles. The number of aromatic nitrogens is 2. The Bertz CT molecular complexity index is 301. The maximum absolute atomic E-state index is 4.30. The van der Waals surface area contributed by atoms with E-state index in [1.165, 1.54) is 25.7 Å². The molecule has 92 valence electrons. The molecule has 0 aliphatic carbocycles. The van der Waals surface area contributed by atoms with E-state index in [1.807, 2.05) is 6.20 Å². The smallest absolute Gasteiger partial charge is 0.105 e. The average molecular weight is 287 g/mol. The van der Waals surface area contributed by atoms with Gasteiger partial charge in [0.15, 0.2) is 0 Å². The minimum Gasteiger partial charge on any atom is -0.335 e. The van der Waals surface area contributed by atoms with E-state index in [-0.39, 0.29) is 0 Å². The predicted molar refractivity (Wildman–Crippen MR) is 73.0 cm³/mol. The Kier molecular flexibility index (Phi) is 5.53. The molecule has 0 amide bonds. The molecule has 3 heteroatoms. The van der Waals surface area contributed by atoms with Crippen LogP contribution in [0.2, 0.25) is 0 Å². The van der Waals surface area contributed by atoms with Crippen LogP contribution in [0.3, 0.4) is 0 Å². The van der Waals surface area contributed by atoms with E-state index in [4.69, 9.17) is 0 Å². The molecule has 16 heavy (non-hydrogen) atoms. The lowest BCUT2D eigenvalue weighted by atomic mass is 9.81. The van der Waals surface area contributed by atoms with E-state index in [1.54, 1.807) is 0 Å². The first-order valence-corrected chi connectivity index (χ1v) is 7.33. The van der Waals surface area contributed by atoms with Crippen LogP contribution in [0.1, 0.15) is 45.4 Å². The highest BCUT2D eigenvalue weighted by Crippen LogP contribution is 2.34. The van der Waals surface area contributed by atoms with Crippen molar-refractivity contribution in [3.63, 3.8) is 0 Å². The third-order valence-electron chi connectivity index (χ3n) is 3.27. The normalized spacial score (nSPS) is 12.0. The summed E-state index contributed by atoms with van der Waals surface area (Å²) < 4.78 is 2.28. The zero-order valence-electron chi connectivity index (χ0n) is 10.7. The number of aryl methyl sites for hydroxylation is 1. The van der Waals surface area contributed by atoms with Crippen LogP contribution in [-0.4, -0.2) is 14.9 Å². The van der Waals surface area contributed by atoms with Crippen molar-refractivity contribution in [2.75, 3.05) is 5.33 Å². The third-order valence-corrected chi connectivity index (χ3v) is 4.46. The number of hydrogen-bond donors (Lipinski definition) is 0. The molecular weight excluding hydrogens is 264 g/mol. The van der Waals surface area contributed by atoms with Gasteiger partial charge in [-0.25, -0.2) is 4.98 Å². The van der Waals surface area contributed by atoms with Crippen molar-refractivity contribution in [1.82, 2.24) is 9.55 Å². The second-order valence-electron chi connectivity index (χ2n) is 4.74. The fourth-order valence-electron chi connectivity index (χ4n) is 2.45. The summed E-state index contributed by atoms with van der Waals surface area (Å²) in [6.45, 7) is 7.71. The van der Waals surface area contributed by atoms with Gasteiger partial charge in [0.05, 0.1) is 0 Å². The molecule has 0 spiro atoms. The Morgan fingerprint density at radius 2 is 1.94 bits per heavy atom. The molecule has 0 aliphatic heterocycles. The number of halogens is 1. The van der Waals surface area contributed by atoms with Gasteiger partial charge in [0, 0.05) is 24.3 Å². The molecule has 1 rings (SSSR count). The first kappa shape index (κ1) is 13.8. The van der Waals surface area contributed by atoms with Gasteiger partial charge >= 0.3 is 0 Å². The monoisotopic (exact) mass is 286 g/mol. The first-order valence-electron chi connectivity index (χ1n) is 6.21. The van der Waals surface area contributed by atoms with Crippen LogP contribution in [0.4, 0.5) is 0 Å². The zero-order chi connectivity index (χ0) is 12.0. The molecule has 0 unspecified atom stereocenters. The molecule has 0 bridgehead atoms. The van der Waals surface area contributed by atoms with Crippen molar-refractivity contribution in [2.45, 2.75) is 53.0 Å². The van der Waals surface area contributed by atoms with E-state index in [9.17, 15) is 0 Å². The maximum atomic E-state index is 4.30. The standard InChI is InChI=1S/C13H23BrN2/c1-4-6-13(10-14,7-5-2)11-16-9-8-15-12(16)3/h8-9H,4-7,10-11H2,1-3H3. The van der Waals surface area contributed by atoms with Gasteiger partial charge in [-0.1, -0.05) is 42.6 Å². The Morgan fingerprint density at radius 3 is 2.31 bits per heavy atom. The van der Waals surface area contributed by atoms with E-state index in [2.05, 4.69) is 52.4 Å². The summed E-state index contributed by atoms with van der Waals surface area (Å²) in [6.07, 6.45) is 9.05. The molecule has 0 radical (unpaired) electrons. The van der Waals surface area contributed by atoms with Gasteiger partial charge < -0.3 is 4.57 Å². The van der Waals surface area contributed by atoms with Crippen LogP contribution in [0, 0.1) is 12.3 Å². The summed E-state index contributed by atoms with van der Waals surface area (Å²) in [5.74, 6) is 1.12. The van der Waals surface area contributed by atoms with E-state index < -0.39 is 0 Å². The highest BCUT2D eigenvalue weighted by atomic mass is 79.9. The number of imidazole rings is 1. The van der Waals surface area contributed by atoms with Gasteiger partial charge in [0.1, 0.15) is 5.82 Å². The molecule has 1 heterocycles. The van der Waals surface area contributed by atoms with Crippen LogP contribution in [-0.2, 0) is 6.54 Å². The number of alkyl halides is 1. The second-order valence-corrected chi connectivity index (χ2v) is 5.30. The lowest BCUT2D eigenvalue weighted by molar-refractivity contribution is 0.231. The fourth-order valence-corrected chi connectivity index (χ4v) is 3.19. The minimum absolute atomic E-state index is 0.398. The van der Waals surface area contributed by atoms with Gasteiger partial charge in [0.2, 0.25) is 0 Å². The average Bonchev–Trinajstić information content (AvgIpc) is 2.65. The van der Waals surface area contributed by atoms with Crippen molar-refractivity contribution in [1.29, 1.82) is 0 Å². The SMILES string of the molecule is CCCC(CBr)(CCC)Cn1ccnc1C. The third kappa shape index (κ3) is 3.34. The largest absolute Gasteiger partial charge is 0.335 e. The van der Waals surface area contributed by atoms with Gasteiger partial charge in [-0.05, 0) is 25.2 Å². The van der Waals surface area contributed by atoms with Gasteiger partial charge in [0.25, 0.3) is 0 Å². The quantitative estimate of drug-likeness (QED) is 0.688. The Balaban J connectivity index is 2.80. The Morgan fingerprint density at radius 1 is 1.31 bits per heavy atom. The molecule has 0 aliphatic rings. The zero-order valence-corrected chi connectivity index (χ0v) is 12.3. The highest BCUT2D eigenvalue weighted by molar-refractivity contribution is 9.09. The summed E-state index contributed by atoms with van der Waals surface area (Å²) >= 11 is 3.71. The van der Waals surface area contributed by atoms with Crippen molar-refractivity contribution in [3.05, 3.63) is 18.2 Å². The van der Waals surface area contributed by atoms with E-state index >= 15 is 0 Å². The van der Waals surface area contributed by atoms with Gasteiger partial charge in [-0.15, -0.1) is 0 Å². The van der Waals surface area contributed by atoms with Crippen LogP contribution >= 0.6 is 15.9 Å². The van der Waals surface area contributed by atoms with Crippen molar-refractivity contribution in [3.8, 4) is 0 Å². The van der Waals surface area contributed by atoms with Crippen LogP contribution in [0.15, 0.2) is 12.4 Å². The first-order chi connectivity index (χ1) is 7.67. The molecule has 0 fully saturated rings. The summed E-state index contributed by atoms with van der Waals surface area (Å²) in [4.78, 5) is 4.30. The Labute approximate surface area is 108 Å². The van der Waals surface area contributed by atoms with E-state index in [0.717, 1.165) is 17.7 Å². The van der Waals surface area contributed by atoms with Crippen LogP contribution in [0.25, 0.3) is 0 Å². The number of hydrogen-bond acceptors (Lipinski definition) is 1. The fraction of sp³-hybridized carbons (Fsp3) is 0.769. The summed E-state index contributed by atoms with van der Waals surface area (Å²) in [5.41, 5.74) is 0.398. The summed E-state index contributed by atoms with van der Waals surface area (Å²) in [5, 5.41) is 1.08. The lowest BCUT2D eigenvalue weighted by Gasteiger charge is -2.32. The lowest BCUT2D eigenvalue weighted by Crippen LogP contribution is -2.29. The van der Waals surface area contributed by atoms with Gasteiger partial charge in [-0.2, -0.15) is 0 Å². The summed E-state index contributed by atoms with van der Waals surface area (Å²) in [6, 6.07) is 0. The minimum atomic E-state index is 0.398. The van der Waals surface area contributed by atoms with Gasteiger partial charge in [-0.3, -0.25) is 0 Å². The van der Waals surface area contributed by atoms with Crippen molar-refractivity contribution in [2.24, 2.45) is 5.41 Å². The van der Waals surface area contributed by atoms with Crippen molar-refractivity contribution >= 4 is 15.9 Å². The predicted octanol–water partition coefficient (Wildman–Crippen LogP) is 4.17. The molecule has 0 saturated heterocycles. The molecule has 2 nitrogen and oxygen atoms in total. The van der Waals surface area contributed by atoms with E-state index in [0.29, 0.717) is 5.41 Å². The molecule has 0 N–H and O–H groups in total. The maximum Gasteiger partial charge on any atom is 0.105 e. The second kappa shape index (κ2) is 6.43. The Hall–Kier alpha value is -0.310. The van der Waals surface area contributed by atoms with Crippen LogP contribution in [0.5, 0.6) is 0 Å². The molecule has 1 aromatic heterocycles. The summed E-state index contributed by atoms with van der Waals surface area (Å²) in [7, 11) is 0. The molecular formula is C13H23BrN2. The number of nitrogens with zero attached hydrogens (tertiary/aromatic N) is 2. The van der Waals surface area contributed by atoms with Crippen LogP contribution < -0.4 is 0 Å². The highest BCUT2D eigenvalue weighted by Gasteiger charge is 2.27.